The molecule has 28 heavy (non-hydrogen) atoms. The van der Waals surface area contributed by atoms with E-state index in [1.807, 2.05) is 12.3 Å². The fraction of sp³-hybridized carbons (Fsp3) is 0.545. The van der Waals surface area contributed by atoms with Gasteiger partial charge in [-0.05, 0) is 49.9 Å². The Labute approximate surface area is 167 Å². The predicted octanol–water partition coefficient (Wildman–Crippen LogP) is 2.40. The summed E-state index contributed by atoms with van der Waals surface area (Å²) in [4.78, 5) is 16.1. The number of aliphatic hydroxyl groups is 1. The topological polar surface area (TPSA) is 55.7 Å². The van der Waals surface area contributed by atoms with Crippen molar-refractivity contribution < 1.29 is 5.11 Å². The number of β-amino-alcohol motifs (C(OH)–C–C–N with tert-alkyl or cyclic N) is 1. The van der Waals surface area contributed by atoms with Crippen LogP contribution in [0.3, 0.4) is 0 Å². The van der Waals surface area contributed by atoms with Gasteiger partial charge in [-0.25, -0.2) is 4.98 Å². The van der Waals surface area contributed by atoms with Gasteiger partial charge in [-0.15, -0.1) is 0 Å². The Hall–Kier alpha value is -2.18. The first-order valence-electron chi connectivity index (χ1n) is 10.4. The summed E-state index contributed by atoms with van der Waals surface area (Å²) >= 11 is 0. The molecular weight excluding hydrogens is 350 g/mol. The predicted molar refractivity (Wildman–Crippen MR) is 113 cm³/mol. The van der Waals surface area contributed by atoms with Crippen molar-refractivity contribution in [2.75, 3.05) is 49.6 Å². The highest BCUT2D eigenvalue weighted by Crippen LogP contribution is 2.23. The highest BCUT2D eigenvalue weighted by molar-refractivity contribution is 5.44. The lowest BCUT2D eigenvalue weighted by molar-refractivity contribution is 0.179. The van der Waals surface area contributed by atoms with Crippen LogP contribution in [0.2, 0.25) is 0 Å². The molecule has 3 heterocycles. The normalized spacial score (nSPS) is 21.2. The summed E-state index contributed by atoms with van der Waals surface area (Å²) in [5, 5.41) is 9.77. The monoisotopic (exact) mass is 381 g/mol. The van der Waals surface area contributed by atoms with Gasteiger partial charge in [0.25, 0.3) is 0 Å². The SMILES string of the molecule is CN(CC1CCN(Cc2ccccc2)CC1)c1nccc(N2CCC(O)C2)n1. The van der Waals surface area contributed by atoms with Crippen molar-refractivity contribution in [2.45, 2.75) is 31.9 Å². The molecule has 6 heteroatoms. The van der Waals surface area contributed by atoms with Crippen molar-refractivity contribution in [3.05, 3.63) is 48.2 Å². The van der Waals surface area contributed by atoms with Crippen LogP contribution in [0.5, 0.6) is 0 Å². The first-order valence-corrected chi connectivity index (χ1v) is 10.4. The van der Waals surface area contributed by atoms with Crippen molar-refractivity contribution in [1.82, 2.24) is 14.9 Å². The molecule has 0 spiro atoms. The van der Waals surface area contributed by atoms with E-state index in [-0.39, 0.29) is 6.10 Å². The first kappa shape index (κ1) is 19.2. The molecule has 1 unspecified atom stereocenters. The fourth-order valence-corrected chi connectivity index (χ4v) is 4.29. The number of hydrogen-bond acceptors (Lipinski definition) is 6. The summed E-state index contributed by atoms with van der Waals surface area (Å²) in [5.74, 6) is 2.38. The molecule has 4 rings (SSSR count). The summed E-state index contributed by atoms with van der Waals surface area (Å²) in [6.07, 6.45) is 4.85. The molecule has 0 bridgehead atoms. The van der Waals surface area contributed by atoms with Gasteiger partial charge in [-0.2, -0.15) is 4.98 Å². The Morgan fingerprint density at radius 3 is 2.57 bits per heavy atom. The third-order valence-electron chi connectivity index (χ3n) is 5.95. The molecule has 1 aromatic heterocycles. The first-order chi connectivity index (χ1) is 13.7. The highest BCUT2D eigenvalue weighted by Gasteiger charge is 2.24. The largest absolute Gasteiger partial charge is 0.391 e. The number of anilines is 2. The van der Waals surface area contributed by atoms with Gasteiger partial charge in [0.05, 0.1) is 6.10 Å². The summed E-state index contributed by atoms with van der Waals surface area (Å²) < 4.78 is 0. The molecule has 6 nitrogen and oxygen atoms in total. The van der Waals surface area contributed by atoms with Gasteiger partial charge in [-0.3, -0.25) is 4.90 Å². The van der Waals surface area contributed by atoms with E-state index in [1.165, 1.54) is 18.4 Å². The van der Waals surface area contributed by atoms with Gasteiger partial charge in [0.15, 0.2) is 0 Å². The highest BCUT2D eigenvalue weighted by atomic mass is 16.3. The Bertz CT molecular complexity index is 748. The number of nitrogens with zero attached hydrogens (tertiary/aromatic N) is 5. The molecule has 0 radical (unpaired) electrons. The summed E-state index contributed by atoms with van der Waals surface area (Å²) in [6, 6.07) is 12.7. The van der Waals surface area contributed by atoms with Gasteiger partial charge in [0, 0.05) is 39.4 Å². The van der Waals surface area contributed by atoms with Gasteiger partial charge >= 0.3 is 0 Å². The zero-order valence-electron chi connectivity index (χ0n) is 16.7. The maximum absolute atomic E-state index is 9.77. The fourth-order valence-electron chi connectivity index (χ4n) is 4.29. The molecule has 1 N–H and O–H groups in total. The molecule has 0 amide bonds. The molecule has 0 saturated carbocycles. The van der Waals surface area contributed by atoms with Crippen LogP contribution in [0.1, 0.15) is 24.8 Å². The van der Waals surface area contributed by atoms with E-state index in [9.17, 15) is 5.11 Å². The van der Waals surface area contributed by atoms with Crippen LogP contribution < -0.4 is 9.80 Å². The van der Waals surface area contributed by atoms with Gasteiger partial charge in [0.1, 0.15) is 5.82 Å². The molecular formula is C22H31N5O. The van der Waals surface area contributed by atoms with E-state index in [0.717, 1.165) is 50.9 Å². The third kappa shape index (κ3) is 4.80. The summed E-state index contributed by atoms with van der Waals surface area (Å²) in [5.41, 5.74) is 1.40. The number of benzene rings is 1. The molecule has 1 atom stereocenters. The van der Waals surface area contributed by atoms with Gasteiger partial charge in [-0.1, -0.05) is 30.3 Å². The minimum atomic E-state index is -0.239. The lowest BCUT2D eigenvalue weighted by Crippen LogP contribution is -2.38. The van der Waals surface area contributed by atoms with Crippen LogP contribution in [-0.4, -0.2) is 65.8 Å². The maximum atomic E-state index is 9.77. The van der Waals surface area contributed by atoms with E-state index in [0.29, 0.717) is 12.5 Å². The molecule has 150 valence electrons. The average Bonchev–Trinajstić information content (AvgIpc) is 3.17. The molecule has 2 saturated heterocycles. The Kier molecular flexibility index (Phi) is 6.07. The number of aliphatic hydroxyl groups excluding tert-OH is 1. The molecule has 2 aliphatic rings. The van der Waals surface area contributed by atoms with Crippen LogP contribution in [0.15, 0.2) is 42.6 Å². The van der Waals surface area contributed by atoms with E-state index < -0.39 is 0 Å². The minimum Gasteiger partial charge on any atom is -0.391 e. The van der Waals surface area contributed by atoms with E-state index in [1.54, 1.807) is 0 Å². The Morgan fingerprint density at radius 2 is 1.86 bits per heavy atom. The standard InChI is InChI=1S/C22H31N5O/c1-25(22-23-11-7-21(24-22)27-14-10-20(28)17-27)15-19-8-12-26(13-9-19)16-18-5-3-2-4-6-18/h2-7,11,19-20,28H,8-10,12-17H2,1H3. The van der Waals surface area contributed by atoms with Crippen LogP contribution in [0, 0.1) is 5.92 Å². The molecule has 2 aliphatic heterocycles. The zero-order chi connectivity index (χ0) is 19.3. The molecule has 1 aromatic carbocycles. The number of likely N-dealkylation sites (tertiary alicyclic amines) is 1. The quantitative estimate of drug-likeness (QED) is 0.829. The van der Waals surface area contributed by atoms with E-state index >= 15 is 0 Å². The van der Waals surface area contributed by atoms with E-state index in [4.69, 9.17) is 4.98 Å². The molecule has 2 fully saturated rings. The second-order valence-corrected chi connectivity index (χ2v) is 8.19. The number of aromatic nitrogens is 2. The molecule has 2 aromatic rings. The van der Waals surface area contributed by atoms with Crippen LogP contribution in [-0.2, 0) is 6.54 Å². The summed E-state index contributed by atoms with van der Waals surface area (Å²) in [6.45, 7) is 5.88. The van der Waals surface area contributed by atoms with Crippen LogP contribution in [0.25, 0.3) is 0 Å². The second-order valence-electron chi connectivity index (χ2n) is 8.19. The number of rotatable bonds is 6. The smallest absolute Gasteiger partial charge is 0.227 e. The number of hydrogen-bond donors (Lipinski definition) is 1. The number of piperidine rings is 1. The second kappa shape index (κ2) is 8.88. The minimum absolute atomic E-state index is 0.239. The lowest BCUT2D eigenvalue weighted by atomic mass is 9.96. The Morgan fingerprint density at radius 1 is 1.07 bits per heavy atom. The average molecular weight is 382 g/mol. The zero-order valence-corrected chi connectivity index (χ0v) is 16.7. The van der Waals surface area contributed by atoms with Gasteiger partial charge < -0.3 is 14.9 Å². The van der Waals surface area contributed by atoms with Crippen molar-refractivity contribution in [1.29, 1.82) is 0 Å². The maximum Gasteiger partial charge on any atom is 0.227 e. The van der Waals surface area contributed by atoms with Crippen LogP contribution in [0.4, 0.5) is 11.8 Å². The Balaban J connectivity index is 1.28. The van der Waals surface area contributed by atoms with Crippen molar-refractivity contribution in [2.24, 2.45) is 5.92 Å². The van der Waals surface area contributed by atoms with Crippen molar-refractivity contribution >= 4 is 11.8 Å². The van der Waals surface area contributed by atoms with Crippen molar-refractivity contribution in [3.63, 3.8) is 0 Å². The van der Waals surface area contributed by atoms with Gasteiger partial charge in [0.2, 0.25) is 5.95 Å². The molecule has 0 aliphatic carbocycles. The summed E-state index contributed by atoms with van der Waals surface area (Å²) in [7, 11) is 2.09. The lowest BCUT2D eigenvalue weighted by Gasteiger charge is -2.34. The van der Waals surface area contributed by atoms with Crippen LogP contribution >= 0.6 is 0 Å². The van der Waals surface area contributed by atoms with Crippen molar-refractivity contribution in [3.8, 4) is 0 Å². The van der Waals surface area contributed by atoms with E-state index in [2.05, 4.69) is 57.1 Å². The third-order valence-corrected chi connectivity index (χ3v) is 5.95.